The molecule has 0 aliphatic carbocycles. The summed E-state index contributed by atoms with van der Waals surface area (Å²) in [7, 11) is 0. The van der Waals surface area contributed by atoms with Gasteiger partial charge in [-0.25, -0.2) is 4.39 Å². The fourth-order valence-corrected chi connectivity index (χ4v) is 2.26. The summed E-state index contributed by atoms with van der Waals surface area (Å²) in [5.41, 5.74) is 0.699. The molecular weight excluding hydrogens is 293 g/mol. The summed E-state index contributed by atoms with van der Waals surface area (Å²) in [6.45, 7) is 11.5. The van der Waals surface area contributed by atoms with E-state index in [4.69, 9.17) is 0 Å². The summed E-state index contributed by atoms with van der Waals surface area (Å²) in [4.78, 5) is 0. The standard InChI is InChI=1S/C15H23BrFN/c1-14(2,3)18-9-8-15(4,5)12-10-11(16)6-7-13(12)17/h6-7,10,18H,8-9H2,1-5H3. The van der Waals surface area contributed by atoms with E-state index in [1.54, 1.807) is 6.07 Å². The van der Waals surface area contributed by atoms with Crippen LogP contribution in [0, 0.1) is 5.82 Å². The number of hydrogen-bond donors (Lipinski definition) is 1. The van der Waals surface area contributed by atoms with Crippen LogP contribution in [0.5, 0.6) is 0 Å². The van der Waals surface area contributed by atoms with Crippen LogP contribution in [0.15, 0.2) is 22.7 Å². The third-order valence-electron chi connectivity index (χ3n) is 3.06. The van der Waals surface area contributed by atoms with Crippen molar-refractivity contribution in [2.45, 2.75) is 52.0 Å². The van der Waals surface area contributed by atoms with E-state index in [1.165, 1.54) is 6.07 Å². The Bertz CT molecular complexity index is 407. The van der Waals surface area contributed by atoms with Gasteiger partial charge in [-0.05, 0) is 62.9 Å². The molecule has 1 nitrogen and oxygen atoms in total. The largest absolute Gasteiger partial charge is 0.312 e. The van der Waals surface area contributed by atoms with Crippen LogP contribution in [0.3, 0.4) is 0 Å². The molecule has 0 saturated heterocycles. The van der Waals surface area contributed by atoms with Gasteiger partial charge in [0.25, 0.3) is 0 Å². The lowest BCUT2D eigenvalue weighted by molar-refractivity contribution is 0.373. The molecule has 1 rings (SSSR count). The van der Waals surface area contributed by atoms with Gasteiger partial charge in [-0.15, -0.1) is 0 Å². The number of hydrogen-bond acceptors (Lipinski definition) is 1. The van der Waals surface area contributed by atoms with Gasteiger partial charge in [0.1, 0.15) is 5.82 Å². The van der Waals surface area contributed by atoms with Gasteiger partial charge in [0.2, 0.25) is 0 Å². The Labute approximate surface area is 118 Å². The van der Waals surface area contributed by atoms with Crippen LogP contribution in [0.25, 0.3) is 0 Å². The van der Waals surface area contributed by atoms with E-state index in [2.05, 4.69) is 55.9 Å². The average Bonchev–Trinajstić information content (AvgIpc) is 2.19. The van der Waals surface area contributed by atoms with E-state index < -0.39 is 0 Å². The second kappa shape index (κ2) is 5.70. The van der Waals surface area contributed by atoms with Crippen molar-refractivity contribution >= 4 is 15.9 Å². The molecule has 0 bridgehead atoms. The Balaban J connectivity index is 2.76. The first-order valence-electron chi connectivity index (χ1n) is 6.32. The summed E-state index contributed by atoms with van der Waals surface area (Å²) < 4.78 is 14.8. The summed E-state index contributed by atoms with van der Waals surface area (Å²) in [5, 5.41) is 3.45. The van der Waals surface area contributed by atoms with Crippen LogP contribution in [-0.2, 0) is 5.41 Å². The summed E-state index contributed by atoms with van der Waals surface area (Å²) >= 11 is 3.41. The monoisotopic (exact) mass is 315 g/mol. The van der Waals surface area contributed by atoms with Gasteiger partial charge < -0.3 is 5.32 Å². The third-order valence-corrected chi connectivity index (χ3v) is 3.56. The number of halogens is 2. The minimum Gasteiger partial charge on any atom is -0.312 e. The van der Waals surface area contributed by atoms with Crippen molar-refractivity contribution in [3.63, 3.8) is 0 Å². The van der Waals surface area contributed by atoms with E-state index in [1.807, 2.05) is 6.07 Å². The third kappa shape index (κ3) is 4.69. The lowest BCUT2D eigenvalue weighted by Gasteiger charge is -2.29. The van der Waals surface area contributed by atoms with Crippen molar-refractivity contribution in [2.75, 3.05) is 6.54 Å². The van der Waals surface area contributed by atoms with Crippen LogP contribution in [0.1, 0.15) is 46.6 Å². The van der Waals surface area contributed by atoms with E-state index in [9.17, 15) is 4.39 Å². The molecule has 0 amide bonds. The molecule has 1 aromatic carbocycles. The van der Waals surface area contributed by atoms with Crippen molar-refractivity contribution in [3.8, 4) is 0 Å². The lowest BCUT2D eigenvalue weighted by Crippen LogP contribution is -2.38. The zero-order valence-electron chi connectivity index (χ0n) is 11.9. The molecule has 102 valence electrons. The average molecular weight is 316 g/mol. The second-order valence-corrected chi connectivity index (χ2v) is 7.35. The topological polar surface area (TPSA) is 12.0 Å². The summed E-state index contributed by atoms with van der Waals surface area (Å²) in [6, 6.07) is 5.15. The zero-order chi connectivity index (χ0) is 14.0. The molecule has 0 aromatic heterocycles. The van der Waals surface area contributed by atoms with Crippen molar-refractivity contribution < 1.29 is 4.39 Å². The van der Waals surface area contributed by atoms with Crippen molar-refractivity contribution in [1.29, 1.82) is 0 Å². The SMILES string of the molecule is CC(C)(C)NCCC(C)(C)c1cc(Br)ccc1F. The maximum Gasteiger partial charge on any atom is 0.127 e. The normalized spacial score (nSPS) is 12.8. The molecule has 0 fully saturated rings. The number of benzene rings is 1. The van der Waals surface area contributed by atoms with Gasteiger partial charge in [0, 0.05) is 10.0 Å². The highest BCUT2D eigenvalue weighted by molar-refractivity contribution is 9.10. The van der Waals surface area contributed by atoms with Crippen molar-refractivity contribution in [3.05, 3.63) is 34.1 Å². The second-order valence-electron chi connectivity index (χ2n) is 6.43. The molecule has 0 heterocycles. The van der Waals surface area contributed by atoms with E-state index >= 15 is 0 Å². The van der Waals surface area contributed by atoms with Crippen LogP contribution in [0.4, 0.5) is 4.39 Å². The molecule has 0 aliphatic heterocycles. The van der Waals surface area contributed by atoms with Crippen LogP contribution in [-0.4, -0.2) is 12.1 Å². The zero-order valence-corrected chi connectivity index (χ0v) is 13.5. The highest BCUT2D eigenvalue weighted by atomic mass is 79.9. The number of nitrogens with one attached hydrogen (secondary N) is 1. The molecule has 0 spiro atoms. The molecule has 3 heteroatoms. The van der Waals surface area contributed by atoms with Crippen LogP contribution in [0.2, 0.25) is 0 Å². The first-order chi connectivity index (χ1) is 8.12. The van der Waals surface area contributed by atoms with Gasteiger partial charge in [-0.1, -0.05) is 29.8 Å². The van der Waals surface area contributed by atoms with E-state index in [0.717, 1.165) is 23.0 Å². The molecule has 0 unspecified atom stereocenters. The van der Waals surface area contributed by atoms with Gasteiger partial charge in [-0.3, -0.25) is 0 Å². The van der Waals surface area contributed by atoms with Gasteiger partial charge in [-0.2, -0.15) is 0 Å². The van der Waals surface area contributed by atoms with E-state index in [0.29, 0.717) is 0 Å². The van der Waals surface area contributed by atoms with Crippen LogP contribution >= 0.6 is 15.9 Å². The first-order valence-corrected chi connectivity index (χ1v) is 7.12. The highest BCUT2D eigenvalue weighted by Crippen LogP contribution is 2.31. The fraction of sp³-hybridized carbons (Fsp3) is 0.600. The Kier molecular flexibility index (Phi) is 4.96. The highest BCUT2D eigenvalue weighted by Gasteiger charge is 2.24. The van der Waals surface area contributed by atoms with Gasteiger partial charge in [0.15, 0.2) is 0 Å². The molecule has 18 heavy (non-hydrogen) atoms. The fourth-order valence-electron chi connectivity index (χ4n) is 1.90. The van der Waals surface area contributed by atoms with Crippen molar-refractivity contribution in [2.24, 2.45) is 0 Å². The molecule has 1 N–H and O–H groups in total. The summed E-state index contributed by atoms with van der Waals surface area (Å²) in [5.74, 6) is -0.126. The minimum atomic E-state index is -0.174. The maximum absolute atomic E-state index is 13.9. The Morgan fingerprint density at radius 3 is 2.33 bits per heavy atom. The first kappa shape index (κ1) is 15.6. The summed E-state index contributed by atoms with van der Waals surface area (Å²) in [6.07, 6.45) is 0.900. The van der Waals surface area contributed by atoms with Gasteiger partial charge >= 0.3 is 0 Å². The number of rotatable bonds is 4. The van der Waals surface area contributed by atoms with Crippen molar-refractivity contribution in [1.82, 2.24) is 5.32 Å². The maximum atomic E-state index is 13.9. The van der Waals surface area contributed by atoms with Crippen LogP contribution < -0.4 is 5.32 Å². The molecule has 0 aliphatic rings. The molecular formula is C15H23BrFN. The minimum absolute atomic E-state index is 0.103. The lowest BCUT2D eigenvalue weighted by atomic mass is 9.81. The predicted molar refractivity (Wildman–Crippen MR) is 79.5 cm³/mol. The molecule has 0 atom stereocenters. The predicted octanol–water partition coefficient (Wildman–Crippen LogP) is 4.64. The molecule has 1 aromatic rings. The smallest absolute Gasteiger partial charge is 0.127 e. The Morgan fingerprint density at radius 2 is 1.78 bits per heavy atom. The molecule has 0 saturated carbocycles. The quantitative estimate of drug-likeness (QED) is 0.853. The Hall–Kier alpha value is -0.410. The van der Waals surface area contributed by atoms with Gasteiger partial charge in [0.05, 0.1) is 0 Å². The van der Waals surface area contributed by atoms with E-state index in [-0.39, 0.29) is 16.8 Å². The Morgan fingerprint density at radius 1 is 1.17 bits per heavy atom. The molecule has 0 radical (unpaired) electrons.